The minimum atomic E-state index is 0.0265. The highest BCUT2D eigenvalue weighted by molar-refractivity contribution is 5.80. The van der Waals surface area contributed by atoms with Crippen molar-refractivity contribution in [2.45, 2.75) is 65.6 Å². The molecule has 0 unspecified atom stereocenters. The van der Waals surface area contributed by atoms with E-state index < -0.39 is 0 Å². The highest BCUT2D eigenvalue weighted by Crippen LogP contribution is 2.17. The summed E-state index contributed by atoms with van der Waals surface area (Å²) >= 11 is 0. The molecule has 0 atom stereocenters. The lowest BCUT2D eigenvalue weighted by atomic mass is 9.98. The van der Waals surface area contributed by atoms with E-state index in [2.05, 4.69) is 31.4 Å². The molecule has 1 aliphatic heterocycles. The summed E-state index contributed by atoms with van der Waals surface area (Å²) in [6.07, 6.45) is 3.70. The Morgan fingerprint density at radius 2 is 1.82 bits per heavy atom. The minimum Gasteiger partial charge on any atom is -0.392 e. The molecule has 3 N–H and O–H groups in total. The Kier molecular flexibility index (Phi) is 9.28. The number of rotatable bonds is 8. The SMILES string of the molecule is CCNC(=NCc1ccccc1CO)NC1CCN(C(=O)C(CC)CC)CC1. The second-order valence-electron chi connectivity index (χ2n) is 7.38. The van der Waals surface area contributed by atoms with E-state index >= 15 is 0 Å². The summed E-state index contributed by atoms with van der Waals surface area (Å²) in [7, 11) is 0. The molecule has 1 aromatic carbocycles. The first-order chi connectivity index (χ1) is 13.6. The van der Waals surface area contributed by atoms with Crippen molar-refractivity contribution in [3.8, 4) is 0 Å². The van der Waals surface area contributed by atoms with Crippen molar-refractivity contribution in [1.82, 2.24) is 15.5 Å². The molecule has 1 saturated heterocycles. The van der Waals surface area contributed by atoms with Crippen LogP contribution < -0.4 is 10.6 Å². The van der Waals surface area contributed by atoms with E-state index in [0.717, 1.165) is 62.4 Å². The van der Waals surface area contributed by atoms with Gasteiger partial charge in [0.2, 0.25) is 5.91 Å². The molecule has 1 heterocycles. The molecule has 6 heteroatoms. The number of hydrogen-bond donors (Lipinski definition) is 3. The molecule has 1 aliphatic rings. The lowest BCUT2D eigenvalue weighted by Gasteiger charge is -2.34. The van der Waals surface area contributed by atoms with Gasteiger partial charge in [0, 0.05) is 31.6 Å². The molecule has 0 spiro atoms. The van der Waals surface area contributed by atoms with Gasteiger partial charge >= 0.3 is 0 Å². The molecule has 1 fully saturated rings. The largest absolute Gasteiger partial charge is 0.392 e. The molecule has 2 rings (SSSR count). The van der Waals surface area contributed by atoms with Crippen LogP contribution in [0.3, 0.4) is 0 Å². The number of benzene rings is 1. The number of nitrogens with zero attached hydrogens (tertiary/aromatic N) is 2. The van der Waals surface area contributed by atoms with Crippen molar-refractivity contribution in [3.63, 3.8) is 0 Å². The first-order valence-corrected chi connectivity index (χ1v) is 10.6. The number of guanidine groups is 1. The Morgan fingerprint density at radius 3 is 2.39 bits per heavy atom. The number of carbonyl (C=O) groups excluding carboxylic acids is 1. The van der Waals surface area contributed by atoms with E-state index in [-0.39, 0.29) is 12.5 Å². The fourth-order valence-electron chi connectivity index (χ4n) is 3.68. The first kappa shape index (κ1) is 22.2. The molecule has 0 saturated carbocycles. The molecular weight excluding hydrogens is 352 g/mol. The Morgan fingerprint density at radius 1 is 1.18 bits per heavy atom. The van der Waals surface area contributed by atoms with E-state index in [4.69, 9.17) is 4.99 Å². The van der Waals surface area contributed by atoms with Crippen molar-refractivity contribution in [3.05, 3.63) is 35.4 Å². The fraction of sp³-hybridized carbons (Fsp3) is 0.636. The number of amides is 1. The molecule has 6 nitrogen and oxygen atoms in total. The van der Waals surface area contributed by atoms with Crippen molar-refractivity contribution in [1.29, 1.82) is 0 Å². The molecule has 0 aliphatic carbocycles. The van der Waals surface area contributed by atoms with Crippen LogP contribution in [0.5, 0.6) is 0 Å². The third kappa shape index (κ3) is 6.23. The number of aliphatic hydroxyl groups excluding tert-OH is 1. The zero-order chi connectivity index (χ0) is 20.4. The van der Waals surface area contributed by atoms with Gasteiger partial charge in [0.25, 0.3) is 0 Å². The average Bonchev–Trinajstić information content (AvgIpc) is 2.73. The second kappa shape index (κ2) is 11.7. The van der Waals surface area contributed by atoms with Crippen molar-refractivity contribution >= 4 is 11.9 Å². The Balaban J connectivity index is 1.92. The van der Waals surface area contributed by atoms with Gasteiger partial charge in [0.05, 0.1) is 13.2 Å². The van der Waals surface area contributed by atoms with E-state index in [1.807, 2.05) is 29.2 Å². The number of likely N-dealkylation sites (tertiary alicyclic amines) is 1. The van der Waals surface area contributed by atoms with Gasteiger partial charge in [0.1, 0.15) is 0 Å². The van der Waals surface area contributed by atoms with Crippen LogP contribution in [0.15, 0.2) is 29.3 Å². The standard InChI is InChI=1S/C22H36N4O2/c1-4-17(5-2)21(28)26-13-11-20(12-14-26)25-22(23-6-3)24-15-18-9-7-8-10-19(18)16-27/h7-10,17,20,27H,4-6,11-16H2,1-3H3,(H2,23,24,25). The van der Waals surface area contributed by atoms with Crippen LogP contribution in [0.25, 0.3) is 0 Å². The number of aliphatic imine (C=N–C) groups is 1. The third-order valence-corrected chi connectivity index (χ3v) is 5.52. The van der Waals surface area contributed by atoms with E-state index in [1.165, 1.54) is 0 Å². The monoisotopic (exact) mass is 388 g/mol. The molecule has 1 amide bonds. The summed E-state index contributed by atoms with van der Waals surface area (Å²) in [6, 6.07) is 8.14. The predicted octanol–water partition coefficient (Wildman–Crippen LogP) is 2.66. The quantitative estimate of drug-likeness (QED) is 0.473. The van der Waals surface area contributed by atoms with Gasteiger partial charge in [-0.15, -0.1) is 0 Å². The summed E-state index contributed by atoms with van der Waals surface area (Å²) in [5.74, 6) is 1.26. The van der Waals surface area contributed by atoms with E-state index in [1.54, 1.807) is 0 Å². The Hall–Kier alpha value is -2.08. The zero-order valence-corrected chi connectivity index (χ0v) is 17.6. The Labute approximate surface area is 169 Å². The molecular formula is C22H36N4O2. The lowest BCUT2D eigenvalue weighted by molar-refractivity contribution is -0.136. The first-order valence-electron chi connectivity index (χ1n) is 10.6. The summed E-state index contributed by atoms with van der Waals surface area (Å²) in [5, 5.41) is 16.3. The second-order valence-corrected chi connectivity index (χ2v) is 7.38. The predicted molar refractivity (Wildman–Crippen MR) is 114 cm³/mol. The van der Waals surface area contributed by atoms with Gasteiger partial charge in [-0.25, -0.2) is 4.99 Å². The molecule has 156 valence electrons. The van der Waals surface area contributed by atoms with E-state index in [9.17, 15) is 9.90 Å². The number of carbonyl (C=O) groups is 1. The van der Waals surface area contributed by atoms with Crippen LogP contribution in [-0.4, -0.2) is 47.5 Å². The molecule has 28 heavy (non-hydrogen) atoms. The van der Waals surface area contributed by atoms with Crippen molar-refractivity contribution in [2.24, 2.45) is 10.9 Å². The molecule has 0 radical (unpaired) electrons. The van der Waals surface area contributed by atoms with Gasteiger partial charge in [-0.1, -0.05) is 38.1 Å². The lowest BCUT2D eigenvalue weighted by Crippen LogP contribution is -2.50. The van der Waals surface area contributed by atoms with Crippen molar-refractivity contribution < 1.29 is 9.90 Å². The van der Waals surface area contributed by atoms with Gasteiger partial charge in [-0.05, 0) is 43.7 Å². The summed E-state index contributed by atoms with van der Waals surface area (Å²) < 4.78 is 0. The fourth-order valence-corrected chi connectivity index (χ4v) is 3.68. The summed E-state index contributed by atoms with van der Waals surface area (Å²) in [4.78, 5) is 19.3. The average molecular weight is 389 g/mol. The van der Waals surface area contributed by atoms with Crippen LogP contribution in [0.1, 0.15) is 57.6 Å². The van der Waals surface area contributed by atoms with Crippen LogP contribution >= 0.6 is 0 Å². The van der Waals surface area contributed by atoms with Gasteiger partial charge in [-0.2, -0.15) is 0 Å². The minimum absolute atomic E-state index is 0.0265. The highest BCUT2D eigenvalue weighted by Gasteiger charge is 2.26. The maximum atomic E-state index is 12.6. The van der Waals surface area contributed by atoms with Crippen LogP contribution in [0.2, 0.25) is 0 Å². The third-order valence-electron chi connectivity index (χ3n) is 5.52. The van der Waals surface area contributed by atoms with Gasteiger partial charge in [-0.3, -0.25) is 4.79 Å². The highest BCUT2D eigenvalue weighted by atomic mass is 16.3. The smallest absolute Gasteiger partial charge is 0.225 e. The summed E-state index contributed by atoms with van der Waals surface area (Å²) in [5.41, 5.74) is 1.95. The van der Waals surface area contributed by atoms with Gasteiger partial charge in [0.15, 0.2) is 5.96 Å². The van der Waals surface area contributed by atoms with Crippen LogP contribution in [0.4, 0.5) is 0 Å². The van der Waals surface area contributed by atoms with E-state index in [0.29, 0.717) is 18.5 Å². The maximum Gasteiger partial charge on any atom is 0.225 e. The normalized spacial score (nSPS) is 15.8. The number of hydrogen-bond acceptors (Lipinski definition) is 3. The van der Waals surface area contributed by atoms with Gasteiger partial charge < -0.3 is 20.6 Å². The van der Waals surface area contributed by atoms with Crippen LogP contribution in [-0.2, 0) is 17.9 Å². The molecule has 0 aromatic heterocycles. The molecule has 0 bridgehead atoms. The number of nitrogens with one attached hydrogen (secondary N) is 2. The van der Waals surface area contributed by atoms with Crippen molar-refractivity contribution in [2.75, 3.05) is 19.6 Å². The Bertz CT molecular complexity index is 635. The summed E-state index contributed by atoms with van der Waals surface area (Å²) in [6.45, 7) is 9.19. The molecule has 1 aromatic rings. The van der Waals surface area contributed by atoms with Crippen LogP contribution in [0, 0.1) is 5.92 Å². The maximum absolute atomic E-state index is 12.6. The topological polar surface area (TPSA) is 77.0 Å². The number of aliphatic hydroxyl groups is 1. The number of piperidine rings is 1. The zero-order valence-electron chi connectivity index (χ0n) is 17.6.